The summed E-state index contributed by atoms with van der Waals surface area (Å²) in [5.41, 5.74) is 1.96. The summed E-state index contributed by atoms with van der Waals surface area (Å²) >= 11 is 0. The molecule has 1 aromatic carbocycles. The third-order valence-electron chi connectivity index (χ3n) is 3.91. The van der Waals surface area contributed by atoms with Crippen molar-refractivity contribution >= 4 is 5.91 Å². The van der Waals surface area contributed by atoms with Gasteiger partial charge < -0.3 is 10.4 Å². The van der Waals surface area contributed by atoms with Gasteiger partial charge in [0.2, 0.25) is 5.91 Å². The van der Waals surface area contributed by atoms with Crippen molar-refractivity contribution in [2.45, 2.75) is 45.3 Å². The molecule has 0 fully saturated rings. The molecule has 0 saturated heterocycles. The van der Waals surface area contributed by atoms with Gasteiger partial charge >= 0.3 is 0 Å². The van der Waals surface area contributed by atoms with Crippen LogP contribution in [-0.2, 0) is 17.6 Å². The van der Waals surface area contributed by atoms with E-state index in [1.54, 1.807) is 6.92 Å². The van der Waals surface area contributed by atoms with Gasteiger partial charge in [-0.2, -0.15) is 0 Å². The highest BCUT2D eigenvalue weighted by Gasteiger charge is 2.32. The van der Waals surface area contributed by atoms with Gasteiger partial charge in [0, 0.05) is 5.92 Å². The second kappa shape index (κ2) is 4.73. The second-order valence-electron chi connectivity index (χ2n) is 5.76. The van der Waals surface area contributed by atoms with Crippen LogP contribution in [-0.4, -0.2) is 22.7 Å². The standard InChI is InChI=1S/C15H21NO2/c1-10(17)15(2,3)16-14(18)13-8-11-6-4-5-7-12(11)9-13/h4-7,10,13,17H,8-9H2,1-3H3,(H,16,18). The van der Waals surface area contributed by atoms with Gasteiger partial charge in [-0.05, 0) is 44.7 Å². The van der Waals surface area contributed by atoms with Crippen LogP contribution >= 0.6 is 0 Å². The van der Waals surface area contributed by atoms with E-state index >= 15 is 0 Å². The summed E-state index contributed by atoms with van der Waals surface area (Å²) in [6.07, 6.45) is 1.04. The zero-order valence-corrected chi connectivity index (χ0v) is 11.2. The molecule has 3 nitrogen and oxygen atoms in total. The molecule has 0 bridgehead atoms. The number of amides is 1. The van der Waals surface area contributed by atoms with Gasteiger partial charge in [-0.25, -0.2) is 0 Å². The van der Waals surface area contributed by atoms with E-state index in [9.17, 15) is 9.90 Å². The minimum atomic E-state index is -0.578. The van der Waals surface area contributed by atoms with E-state index in [4.69, 9.17) is 0 Å². The van der Waals surface area contributed by atoms with Crippen molar-refractivity contribution in [3.05, 3.63) is 35.4 Å². The maximum absolute atomic E-state index is 12.2. The number of nitrogens with one attached hydrogen (secondary N) is 1. The summed E-state index contributed by atoms with van der Waals surface area (Å²) in [6.45, 7) is 5.39. The zero-order valence-electron chi connectivity index (χ0n) is 11.2. The molecule has 98 valence electrons. The highest BCUT2D eigenvalue weighted by atomic mass is 16.3. The van der Waals surface area contributed by atoms with Crippen LogP contribution < -0.4 is 5.32 Å². The number of rotatable bonds is 3. The molecule has 0 heterocycles. The van der Waals surface area contributed by atoms with Gasteiger partial charge in [0.1, 0.15) is 0 Å². The summed E-state index contributed by atoms with van der Waals surface area (Å²) in [4.78, 5) is 12.2. The Morgan fingerprint density at radius 1 is 1.33 bits per heavy atom. The third kappa shape index (κ3) is 2.56. The number of aliphatic hydroxyl groups is 1. The molecule has 18 heavy (non-hydrogen) atoms. The fourth-order valence-corrected chi connectivity index (χ4v) is 2.27. The van der Waals surface area contributed by atoms with E-state index in [0.717, 1.165) is 12.8 Å². The Kier molecular flexibility index (Phi) is 3.44. The molecule has 3 heteroatoms. The molecule has 1 aliphatic rings. The van der Waals surface area contributed by atoms with Crippen LogP contribution in [0.3, 0.4) is 0 Å². The molecule has 1 amide bonds. The van der Waals surface area contributed by atoms with Gasteiger partial charge in [0.15, 0.2) is 0 Å². The van der Waals surface area contributed by atoms with Gasteiger partial charge in [-0.15, -0.1) is 0 Å². The summed E-state index contributed by atoms with van der Waals surface area (Å²) in [7, 11) is 0. The number of aliphatic hydroxyl groups excluding tert-OH is 1. The van der Waals surface area contributed by atoms with Crippen LogP contribution in [0.5, 0.6) is 0 Å². The van der Waals surface area contributed by atoms with Crippen LogP contribution in [0.4, 0.5) is 0 Å². The van der Waals surface area contributed by atoms with Gasteiger partial charge in [-0.3, -0.25) is 4.79 Å². The Balaban J connectivity index is 2.02. The normalized spacial score (nSPS) is 17.3. The lowest BCUT2D eigenvalue weighted by molar-refractivity contribution is -0.127. The molecule has 1 atom stereocenters. The molecule has 2 N–H and O–H groups in total. The van der Waals surface area contributed by atoms with Crippen LogP contribution in [0.2, 0.25) is 0 Å². The molecule has 1 aliphatic carbocycles. The number of carbonyl (C=O) groups is 1. The quantitative estimate of drug-likeness (QED) is 0.853. The maximum Gasteiger partial charge on any atom is 0.224 e. The van der Waals surface area contributed by atoms with Crippen molar-refractivity contribution in [3.8, 4) is 0 Å². The van der Waals surface area contributed by atoms with Crippen LogP contribution in [0, 0.1) is 5.92 Å². The highest BCUT2D eigenvalue weighted by molar-refractivity contribution is 5.81. The van der Waals surface area contributed by atoms with Crippen LogP contribution in [0.1, 0.15) is 31.9 Å². The minimum absolute atomic E-state index is 0.000394. The predicted molar refractivity (Wildman–Crippen MR) is 71.2 cm³/mol. The van der Waals surface area contributed by atoms with E-state index < -0.39 is 11.6 Å². The fourth-order valence-electron chi connectivity index (χ4n) is 2.27. The summed E-state index contributed by atoms with van der Waals surface area (Å²) in [5.74, 6) is 0.0394. The van der Waals surface area contributed by atoms with Crippen molar-refractivity contribution in [2.75, 3.05) is 0 Å². The van der Waals surface area contributed by atoms with Gasteiger partial charge in [0.25, 0.3) is 0 Å². The second-order valence-corrected chi connectivity index (χ2v) is 5.76. The number of benzene rings is 1. The van der Waals surface area contributed by atoms with E-state index in [1.165, 1.54) is 11.1 Å². The van der Waals surface area contributed by atoms with E-state index in [2.05, 4.69) is 17.4 Å². The van der Waals surface area contributed by atoms with Crippen molar-refractivity contribution in [2.24, 2.45) is 5.92 Å². The first-order valence-electron chi connectivity index (χ1n) is 6.47. The molecular weight excluding hydrogens is 226 g/mol. The molecule has 0 aromatic heterocycles. The van der Waals surface area contributed by atoms with Gasteiger partial charge in [0.05, 0.1) is 11.6 Å². The largest absolute Gasteiger partial charge is 0.391 e. The zero-order chi connectivity index (χ0) is 13.3. The van der Waals surface area contributed by atoms with E-state index in [-0.39, 0.29) is 11.8 Å². The Labute approximate surface area is 108 Å². The highest BCUT2D eigenvalue weighted by Crippen LogP contribution is 2.27. The molecule has 1 aromatic rings. The number of carbonyl (C=O) groups excluding carboxylic acids is 1. The molecule has 0 aliphatic heterocycles. The fraction of sp³-hybridized carbons (Fsp3) is 0.533. The SMILES string of the molecule is CC(O)C(C)(C)NC(=O)C1Cc2ccccc2C1. The van der Waals surface area contributed by atoms with Crippen LogP contribution in [0.15, 0.2) is 24.3 Å². The lowest BCUT2D eigenvalue weighted by Gasteiger charge is -2.30. The molecule has 2 rings (SSSR count). The van der Waals surface area contributed by atoms with E-state index in [1.807, 2.05) is 26.0 Å². The number of fused-ring (bicyclic) bond motifs is 1. The average molecular weight is 247 g/mol. The van der Waals surface area contributed by atoms with Crippen molar-refractivity contribution in [1.82, 2.24) is 5.32 Å². The molecule has 0 saturated carbocycles. The molecular formula is C15H21NO2. The summed E-state index contributed by atoms with van der Waals surface area (Å²) < 4.78 is 0. The Morgan fingerprint density at radius 2 is 1.83 bits per heavy atom. The first-order valence-corrected chi connectivity index (χ1v) is 6.47. The monoisotopic (exact) mass is 247 g/mol. The first kappa shape index (κ1) is 13.1. The summed E-state index contributed by atoms with van der Waals surface area (Å²) in [6, 6.07) is 8.20. The maximum atomic E-state index is 12.2. The van der Waals surface area contributed by atoms with E-state index in [0.29, 0.717) is 0 Å². The Morgan fingerprint density at radius 3 is 2.28 bits per heavy atom. The third-order valence-corrected chi connectivity index (χ3v) is 3.91. The molecule has 0 radical (unpaired) electrons. The summed E-state index contributed by atoms with van der Waals surface area (Å²) in [5, 5.41) is 12.6. The predicted octanol–water partition coefficient (Wildman–Crippen LogP) is 1.68. The van der Waals surface area contributed by atoms with Crippen LogP contribution in [0.25, 0.3) is 0 Å². The average Bonchev–Trinajstić information content (AvgIpc) is 2.71. The number of hydrogen-bond acceptors (Lipinski definition) is 2. The Bertz CT molecular complexity index is 427. The lowest BCUT2D eigenvalue weighted by Crippen LogP contribution is -2.52. The smallest absolute Gasteiger partial charge is 0.224 e. The van der Waals surface area contributed by atoms with Crippen molar-refractivity contribution in [1.29, 1.82) is 0 Å². The van der Waals surface area contributed by atoms with Crippen molar-refractivity contribution in [3.63, 3.8) is 0 Å². The topological polar surface area (TPSA) is 49.3 Å². The first-order chi connectivity index (χ1) is 8.40. The minimum Gasteiger partial charge on any atom is -0.391 e. The Hall–Kier alpha value is -1.35. The lowest BCUT2D eigenvalue weighted by atomic mass is 9.96. The molecule has 0 spiro atoms. The molecule has 1 unspecified atom stereocenters. The van der Waals surface area contributed by atoms with Crippen molar-refractivity contribution < 1.29 is 9.90 Å². The van der Waals surface area contributed by atoms with Gasteiger partial charge in [-0.1, -0.05) is 24.3 Å². The number of hydrogen-bond donors (Lipinski definition) is 2.